The summed E-state index contributed by atoms with van der Waals surface area (Å²) in [6.45, 7) is 7.72. The quantitative estimate of drug-likeness (QED) is 0.939. The van der Waals surface area contributed by atoms with E-state index in [0.717, 1.165) is 37.4 Å². The van der Waals surface area contributed by atoms with Gasteiger partial charge in [-0.3, -0.25) is 9.69 Å². The van der Waals surface area contributed by atoms with Gasteiger partial charge in [-0.25, -0.2) is 0 Å². The molecule has 0 spiro atoms. The number of aryl methyl sites for hydroxylation is 1. The number of nitrogens with zero attached hydrogens (tertiary/aromatic N) is 2. The van der Waals surface area contributed by atoms with Crippen LogP contribution in [0.15, 0.2) is 54.6 Å². The minimum atomic E-state index is -0.122. The Bertz CT molecular complexity index is 678. The molecule has 1 heterocycles. The summed E-state index contributed by atoms with van der Waals surface area (Å²) in [7, 11) is 0. The van der Waals surface area contributed by atoms with Crippen LogP contribution >= 0.6 is 0 Å². The molecule has 0 aromatic heterocycles. The van der Waals surface area contributed by atoms with Crippen LogP contribution in [0.3, 0.4) is 0 Å². The van der Waals surface area contributed by atoms with Crippen LogP contribution in [0.2, 0.25) is 0 Å². The summed E-state index contributed by atoms with van der Waals surface area (Å²) in [5.74, 6) is 0.0637. The van der Waals surface area contributed by atoms with Crippen molar-refractivity contribution in [2.24, 2.45) is 0 Å². The van der Waals surface area contributed by atoms with Crippen LogP contribution in [-0.4, -0.2) is 43.0 Å². The molecule has 1 N–H and O–H groups in total. The third-order valence-electron chi connectivity index (χ3n) is 4.65. The van der Waals surface area contributed by atoms with Gasteiger partial charge in [-0.15, -0.1) is 0 Å². The maximum absolute atomic E-state index is 12.5. The standard InChI is InChI=1S/C20H25N3O/c1-16-7-6-8-18(15-16)21-20(24)17(2)22-11-13-23(14-12-22)19-9-4-3-5-10-19/h3-10,15,17H,11-14H2,1-2H3,(H,21,24)/t17-/m1/s1. The number of hydrogen-bond donors (Lipinski definition) is 1. The molecule has 1 atom stereocenters. The van der Waals surface area contributed by atoms with Crippen LogP contribution in [0.4, 0.5) is 11.4 Å². The predicted molar refractivity (Wildman–Crippen MR) is 99.5 cm³/mol. The SMILES string of the molecule is Cc1cccc(NC(=O)[C@@H](C)N2CCN(c3ccccc3)CC2)c1. The highest BCUT2D eigenvalue weighted by atomic mass is 16.2. The molecule has 0 bridgehead atoms. The lowest BCUT2D eigenvalue weighted by Gasteiger charge is -2.38. The Hall–Kier alpha value is -2.33. The summed E-state index contributed by atoms with van der Waals surface area (Å²) < 4.78 is 0. The molecule has 0 radical (unpaired) electrons. The van der Waals surface area contributed by atoms with Gasteiger partial charge in [-0.05, 0) is 43.7 Å². The first-order chi connectivity index (χ1) is 11.6. The van der Waals surface area contributed by atoms with E-state index in [1.165, 1.54) is 5.69 Å². The summed E-state index contributed by atoms with van der Waals surface area (Å²) in [6.07, 6.45) is 0. The first kappa shape index (κ1) is 16.5. The van der Waals surface area contributed by atoms with Gasteiger partial charge in [0.2, 0.25) is 5.91 Å². The van der Waals surface area contributed by atoms with Gasteiger partial charge in [-0.1, -0.05) is 30.3 Å². The van der Waals surface area contributed by atoms with Crippen LogP contribution in [0.25, 0.3) is 0 Å². The van der Waals surface area contributed by atoms with Crippen LogP contribution in [-0.2, 0) is 4.79 Å². The van der Waals surface area contributed by atoms with Crippen molar-refractivity contribution < 1.29 is 4.79 Å². The fourth-order valence-corrected chi connectivity index (χ4v) is 3.14. The van der Waals surface area contributed by atoms with E-state index in [2.05, 4.69) is 39.4 Å². The van der Waals surface area contributed by atoms with Crippen molar-refractivity contribution in [3.63, 3.8) is 0 Å². The van der Waals surface area contributed by atoms with Gasteiger partial charge >= 0.3 is 0 Å². The van der Waals surface area contributed by atoms with E-state index in [-0.39, 0.29) is 11.9 Å². The first-order valence-electron chi connectivity index (χ1n) is 8.55. The molecule has 2 aromatic carbocycles. The topological polar surface area (TPSA) is 35.6 Å². The molecule has 0 aliphatic carbocycles. The minimum Gasteiger partial charge on any atom is -0.369 e. The Morgan fingerprint density at radius 1 is 1.00 bits per heavy atom. The van der Waals surface area contributed by atoms with Crippen LogP contribution in [0, 0.1) is 6.92 Å². The molecule has 1 fully saturated rings. The number of hydrogen-bond acceptors (Lipinski definition) is 3. The maximum atomic E-state index is 12.5. The highest BCUT2D eigenvalue weighted by molar-refractivity contribution is 5.94. The zero-order valence-electron chi connectivity index (χ0n) is 14.4. The van der Waals surface area contributed by atoms with Crippen molar-refractivity contribution in [3.8, 4) is 0 Å². The Kier molecular flexibility index (Phi) is 5.16. The third kappa shape index (κ3) is 3.95. The predicted octanol–water partition coefficient (Wildman–Crippen LogP) is 3.14. The molecular formula is C20H25N3O. The molecule has 4 nitrogen and oxygen atoms in total. The third-order valence-corrected chi connectivity index (χ3v) is 4.65. The molecule has 2 aromatic rings. The monoisotopic (exact) mass is 323 g/mol. The summed E-state index contributed by atoms with van der Waals surface area (Å²) >= 11 is 0. The van der Waals surface area contributed by atoms with Crippen molar-refractivity contribution in [1.29, 1.82) is 0 Å². The number of benzene rings is 2. The smallest absolute Gasteiger partial charge is 0.241 e. The van der Waals surface area contributed by atoms with E-state index in [9.17, 15) is 4.79 Å². The van der Waals surface area contributed by atoms with Gasteiger partial charge in [0.15, 0.2) is 0 Å². The lowest BCUT2D eigenvalue weighted by molar-refractivity contribution is -0.120. The van der Waals surface area contributed by atoms with Crippen LogP contribution in [0.1, 0.15) is 12.5 Å². The van der Waals surface area contributed by atoms with Gasteiger partial charge in [-0.2, -0.15) is 0 Å². The fourth-order valence-electron chi connectivity index (χ4n) is 3.14. The van der Waals surface area contributed by atoms with Crippen molar-refractivity contribution in [2.75, 3.05) is 36.4 Å². The molecule has 0 unspecified atom stereocenters. The van der Waals surface area contributed by atoms with E-state index >= 15 is 0 Å². The van der Waals surface area contributed by atoms with E-state index < -0.39 is 0 Å². The number of nitrogens with one attached hydrogen (secondary N) is 1. The number of rotatable bonds is 4. The molecule has 1 aliphatic rings. The van der Waals surface area contributed by atoms with E-state index in [0.29, 0.717) is 0 Å². The second kappa shape index (κ2) is 7.49. The molecule has 1 aliphatic heterocycles. The van der Waals surface area contributed by atoms with E-state index in [1.807, 2.05) is 44.2 Å². The van der Waals surface area contributed by atoms with Crippen LogP contribution in [0.5, 0.6) is 0 Å². The molecule has 1 amide bonds. The maximum Gasteiger partial charge on any atom is 0.241 e. The summed E-state index contributed by atoms with van der Waals surface area (Å²) in [5, 5.41) is 3.03. The number of amides is 1. The number of anilines is 2. The molecule has 126 valence electrons. The van der Waals surface area contributed by atoms with Crippen LogP contribution < -0.4 is 10.2 Å². The minimum absolute atomic E-state index is 0.0637. The van der Waals surface area contributed by atoms with E-state index in [4.69, 9.17) is 0 Å². The Morgan fingerprint density at radius 2 is 1.71 bits per heavy atom. The summed E-state index contributed by atoms with van der Waals surface area (Å²) in [4.78, 5) is 17.1. The lowest BCUT2D eigenvalue weighted by Crippen LogP contribution is -2.52. The fraction of sp³-hybridized carbons (Fsp3) is 0.350. The molecule has 1 saturated heterocycles. The Morgan fingerprint density at radius 3 is 2.38 bits per heavy atom. The van der Waals surface area contributed by atoms with Crippen molar-refractivity contribution in [2.45, 2.75) is 19.9 Å². The molecule has 3 rings (SSSR count). The lowest BCUT2D eigenvalue weighted by atomic mass is 10.1. The molecule has 0 saturated carbocycles. The highest BCUT2D eigenvalue weighted by Gasteiger charge is 2.25. The number of carbonyl (C=O) groups excluding carboxylic acids is 1. The Balaban J connectivity index is 1.55. The zero-order chi connectivity index (χ0) is 16.9. The van der Waals surface area contributed by atoms with Crippen molar-refractivity contribution >= 4 is 17.3 Å². The Labute approximate surface area is 144 Å². The van der Waals surface area contributed by atoms with Crippen molar-refractivity contribution in [3.05, 3.63) is 60.2 Å². The second-order valence-corrected chi connectivity index (χ2v) is 6.39. The highest BCUT2D eigenvalue weighted by Crippen LogP contribution is 2.17. The molecular weight excluding hydrogens is 298 g/mol. The van der Waals surface area contributed by atoms with Gasteiger partial charge in [0.05, 0.1) is 6.04 Å². The summed E-state index contributed by atoms with van der Waals surface area (Å²) in [6, 6.07) is 18.3. The van der Waals surface area contributed by atoms with Gasteiger partial charge in [0.1, 0.15) is 0 Å². The second-order valence-electron chi connectivity index (χ2n) is 6.39. The summed E-state index contributed by atoms with van der Waals surface area (Å²) in [5.41, 5.74) is 3.28. The van der Waals surface area contributed by atoms with Gasteiger partial charge < -0.3 is 10.2 Å². The van der Waals surface area contributed by atoms with E-state index in [1.54, 1.807) is 0 Å². The van der Waals surface area contributed by atoms with Gasteiger partial charge in [0, 0.05) is 37.6 Å². The van der Waals surface area contributed by atoms with Gasteiger partial charge in [0.25, 0.3) is 0 Å². The average molecular weight is 323 g/mol. The normalized spacial score (nSPS) is 16.7. The van der Waals surface area contributed by atoms with Crippen molar-refractivity contribution in [1.82, 2.24) is 4.90 Å². The zero-order valence-corrected chi connectivity index (χ0v) is 14.4. The molecule has 4 heteroatoms. The number of carbonyl (C=O) groups is 1. The number of piperazine rings is 1. The number of para-hydroxylation sites is 1. The average Bonchev–Trinajstić information content (AvgIpc) is 2.62. The largest absolute Gasteiger partial charge is 0.369 e. The first-order valence-corrected chi connectivity index (χ1v) is 8.55. The molecule has 24 heavy (non-hydrogen) atoms.